The van der Waals surface area contributed by atoms with Crippen LogP contribution in [-0.4, -0.2) is 29.7 Å². The Morgan fingerprint density at radius 1 is 1.43 bits per heavy atom. The van der Waals surface area contributed by atoms with Gasteiger partial charge in [-0.05, 0) is 25.3 Å². The van der Waals surface area contributed by atoms with Crippen LogP contribution in [0.5, 0.6) is 0 Å². The van der Waals surface area contributed by atoms with E-state index in [0.717, 1.165) is 48.9 Å². The lowest BCUT2D eigenvalue weighted by Crippen LogP contribution is -2.31. The van der Waals surface area contributed by atoms with Gasteiger partial charge in [0, 0.05) is 36.8 Å². The number of nitrogens with zero attached hydrogens (tertiary/aromatic N) is 1. The standard InChI is InChI=1S/C17H22N2O2/c1-2-9-19-12-15(14-7-3-4-8-16(14)19)17(20)18-11-13-6-5-10-21-13/h3-4,7-8,12-13H,2,5-6,9-11H2,1H3,(H,18,20)/t13-/m0/s1. The van der Waals surface area contributed by atoms with Gasteiger partial charge in [-0.1, -0.05) is 25.1 Å². The van der Waals surface area contributed by atoms with Crippen molar-refractivity contribution in [1.82, 2.24) is 9.88 Å². The first-order chi connectivity index (χ1) is 10.3. The number of benzene rings is 1. The minimum atomic E-state index is -0.00319. The molecule has 0 unspecified atom stereocenters. The average molecular weight is 286 g/mol. The second-order valence-electron chi connectivity index (χ2n) is 5.60. The summed E-state index contributed by atoms with van der Waals surface area (Å²) in [6, 6.07) is 8.09. The number of hydrogen-bond acceptors (Lipinski definition) is 2. The van der Waals surface area contributed by atoms with Crippen LogP contribution in [0.1, 0.15) is 36.5 Å². The van der Waals surface area contributed by atoms with E-state index in [1.807, 2.05) is 24.4 Å². The van der Waals surface area contributed by atoms with Gasteiger partial charge in [0.1, 0.15) is 0 Å². The third-order valence-corrected chi connectivity index (χ3v) is 4.01. The first kappa shape index (κ1) is 14.1. The van der Waals surface area contributed by atoms with Crippen molar-refractivity contribution < 1.29 is 9.53 Å². The van der Waals surface area contributed by atoms with Gasteiger partial charge in [-0.15, -0.1) is 0 Å². The molecule has 0 radical (unpaired) electrons. The van der Waals surface area contributed by atoms with Crippen molar-refractivity contribution in [2.75, 3.05) is 13.2 Å². The Morgan fingerprint density at radius 2 is 2.29 bits per heavy atom. The van der Waals surface area contributed by atoms with Crippen molar-refractivity contribution >= 4 is 16.8 Å². The third kappa shape index (κ3) is 2.95. The first-order valence-corrected chi connectivity index (χ1v) is 7.77. The molecule has 1 aromatic heterocycles. The highest BCUT2D eigenvalue weighted by Crippen LogP contribution is 2.22. The van der Waals surface area contributed by atoms with Gasteiger partial charge in [-0.3, -0.25) is 4.79 Å². The number of aromatic nitrogens is 1. The first-order valence-electron chi connectivity index (χ1n) is 7.77. The van der Waals surface area contributed by atoms with Crippen LogP contribution in [0, 0.1) is 0 Å². The molecule has 1 amide bonds. The van der Waals surface area contributed by atoms with Crippen LogP contribution in [0.15, 0.2) is 30.5 Å². The molecule has 0 spiro atoms. The Labute approximate surface area is 125 Å². The van der Waals surface area contributed by atoms with Gasteiger partial charge in [-0.2, -0.15) is 0 Å². The van der Waals surface area contributed by atoms with Crippen LogP contribution in [0.4, 0.5) is 0 Å². The number of amides is 1. The van der Waals surface area contributed by atoms with E-state index in [2.05, 4.69) is 22.9 Å². The monoisotopic (exact) mass is 286 g/mol. The number of ether oxygens (including phenoxy) is 1. The molecule has 1 fully saturated rings. The molecule has 2 heterocycles. The molecule has 1 aliphatic rings. The Bertz CT molecular complexity index is 627. The SMILES string of the molecule is CCCn1cc(C(=O)NC[C@@H]2CCCO2)c2ccccc21. The number of carbonyl (C=O) groups is 1. The molecule has 21 heavy (non-hydrogen) atoms. The molecular weight excluding hydrogens is 264 g/mol. The van der Waals surface area contributed by atoms with Gasteiger partial charge < -0.3 is 14.6 Å². The number of para-hydroxylation sites is 1. The summed E-state index contributed by atoms with van der Waals surface area (Å²) in [7, 11) is 0. The molecule has 1 aromatic carbocycles. The normalized spacial score (nSPS) is 18.2. The lowest BCUT2D eigenvalue weighted by atomic mass is 10.1. The maximum atomic E-state index is 12.5. The highest BCUT2D eigenvalue weighted by molar-refractivity contribution is 6.07. The Hall–Kier alpha value is -1.81. The second-order valence-corrected chi connectivity index (χ2v) is 5.60. The summed E-state index contributed by atoms with van der Waals surface area (Å²) in [5, 5.41) is 4.04. The predicted octanol–water partition coefficient (Wildman–Crippen LogP) is 2.96. The van der Waals surface area contributed by atoms with Crippen molar-refractivity contribution in [1.29, 1.82) is 0 Å². The van der Waals surface area contributed by atoms with Crippen molar-refractivity contribution in [2.45, 2.75) is 38.8 Å². The number of rotatable bonds is 5. The van der Waals surface area contributed by atoms with Gasteiger partial charge in [0.05, 0.1) is 11.7 Å². The molecule has 0 aliphatic carbocycles. The van der Waals surface area contributed by atoms with Crippen molar-refractivity contribution in [2.24, 2.45) is 0 Å². The number of aryl methyl sites for hydroxylation is 1. The van der Waals surface area contributed by atoms with Crippen LogP contribution in [-0.2, 0) is 11.3 Å². The van der Waals surface area contributed by atoms with Crippen LogP contribution in [0.2, 0.25) is 0 Å². The third-order valence-electron chi connectivity index (χ3n) is 4.01. The smallest absolute Gasteiger partial charge is 0.253 e. The molecule has 1 aliphatic heterocycles. The topological polar surface area (TPSA) is 43.3 Å². The molecule has 112 valence electrons. The highest BCUT2D eigenvalue weighted by Gasteiger charge is 2.19. The zero-order valence-corrected chi connectivity index (χ0v) is 12.5. The van der Waals surface area contributed by atoms with Gasteiger partial charge in [0.15, 0.2) is 0 Å². The largest absolute Gasteiger partial charge is 0.376 e. The van der Waals surface area contributed by atoms with Gasteiger partial charge in [0.25, 0.3) is 5.91 Å². The van der Waals surface area contributed by atoms with E-state index in [4.69, 9.17) is 4.74 Å². The fourth-order valence-corrected chi connectivity index (χ4v) is 2.96. The maximum Gasteiger partial charge on any atom is 0.253 e. The highest BCUT2D eigenvalue weighted by atomic mass is 16.5. The molecule has 3 rings (SSSR count). The maximum absolute atomic E-state index is 12.5. The molecular formula is C17H22N2O2. The van der Waals surface area contributed by atoms with E-state index >= 15 is 0 Å². The second kappa shape index (κ2) is 6.31. The lowest BCUT2D eigenvalue weighted by molar-refractivity contribution is 0.0859. The van der Waals surface area contributed by atoms with Crippen LogP contribution >= 0.6 is 0 Å². The van der Waals surface area contributed by atoms with Crippen molar-refractivity contribution in [3.05, 3.63) is 36.0 Å². The van der Waals surface area contributed by atoms with Gasteiger partial charge >= 0.3 is 0 Å². The van der Waals surface area contributed by atoms with Gasteiger partial charge in [0.2, 0.25) is 0 Å². The van der Waals surface area contributed by atoms with E-state index in [1.54, 1.807) is 0 Å². The zero-order chi connectivity index (χ0) is 14.7. The average Bonchev–Trinajstić information content (AvgIpc) is 3.14. The van der Waals surface area contributed by atoms with E-state index in [-0.39, 0.29) is 12.0 Å². The quantitative estimate of drug-likeness (QED) is 0.918. The summed E-state index contributed by atoms with van der Waals surface area (Å²) in [6.45, 7) is 4.49. The number of fused-ring (bicyclic) bond motifs is 1. The molecule has 2 aromatic rings. The van der Waals surface area contributed by atoms with Gasteiger partial charge in [-0.25, -0.2) is 0 Å². The van der Waals surface area contributed by atoms with Crippen molar-refractivity contribution in [3.63, 3.8) is 0 Å². The van der Waals surface area contributed by atoms with Crippen LogP contribution < -0.4 is 5.32 Å². The van der Waals surface area contributed by atoms with E-state index in [1.165, 1.54) is 0 Å². The number of hydrogen-bond donors (Lipinski definition) is 1. The molecule has 1 atom stereocenters. The fraction of sp³-hybridized carbons (Fsp3) is 0.471. The summed E-state index contributed by atoms with van der Waals surface area (Å²) in [6.07, 6.45) is 5.33. The number of nitrogens with one attached hydrogen (secondary N) is 1. The Kier molecular flexibility index (Phi) is 4.25. The van der Waals surface area contributed by atoms with E-state index in [0.29, 0.717) is 6.54 Å². The summed E-state index contributed by atoms with van der Waals surface area (Å²) in [4.78, 5) is 12.5. The number of carbonyl (C=O) groups excluding carboxylic acids is 1. The molecule has 4 nitrogen and oxygen atoms in total. The fourth-order valence-electron chi connectivity index (χ4n) is 2.96. The minimum absolute atomic E-state index is 0.00319. The summed E-state index contributed by atoms with van der Waals surface area (Å²) < 4.78 is 7.71. The molecule has 1 N–H and O–H groups in total. The van der Waals surface area contributed by atoms with Crippen LogP contribution in [0.3, 0.4) is 0 Å². The molecule has 4 heteroatoms. The molecule has 1 saturated heterocycles. The summed E-state index contributed by atoms with van der Waals surface area (Å²) >= 11 is 0. The minimum Gasteiger partial charge on any atom is -0.376 e. The Balaban J connectivity index is 1.80. The Morgan fingerprint density at radius 3 is 3.05 bits per heavy atom. The summed E-state index contributed by atoms with van der Waals surface area (Å²) in [5.74, 6) is -0.00319. The molecule has 0 bridgehead atoms. The zero-order valence-electron chi connectivity index (χ0n) is 12.5. The predicted molar refractivity (Wildman–Crippen MR) is 83.5 cm³/mol. The van der Waals surface area contributed by atoms with Crippen LogP contribution in [0.25, 0.3) is 10.9 Å². The van der Waals surface area contributed by atoms with E-state index in [9.17, 15) is 4.79 Å². The van der Waals surface area contributed by atoms with E-state index < -0.39 is 0 Å². The molecule has 0 saturated carbocycles. The van der Waals surface area contributed by atoms with Crippen molar-refractivity contribution in [3.8, 4) is 0 Å². The lowest BCUT2D eigenvalue weighted by Gasteiger charge is -2.10. The summed E-state index contributed by atoms with van der Waals surface area (Å²) in [5.41, 5.74) is 1.89.